The largest absolute Gasteiger partial charge is 0.352 e. The maximum atomic E-state index is 12.3. The summed E-state index contributed by atoms with van der Waals surface area (Å²) in [6.07, 6.45) is 3.54. The number of amides is 4. The predicted molar refractivity (Wildman–Crippen MR) is 130 cm³/mol. The summed E-state index contributed by atoms with van der Waals surface area (Å²) in [6, 6.07) is 14.1. The third-order valence-electron chi connectivity index (χ3n) is 5.15. The summed E-state index contributed by atoms with van der Waals surface area (Å²) in [4.78, 5) is 35.4. The molecule has 0 heterocycles. The number of carbonyl (C=O) groups excluding carboxylic acids is 3. The number of hydrogen-bond donors (Lipinski definition) is 5. The van der Waals surface area contributed by atoms with Gasteiger partial charge in [-0.2, -0.15) is 0 Å². The van der Waals surface area contributed by atoms with Crippen LogP contribution in [0.4, 0.5) is 16.2 Å². The van der Waals surface area contributed by atoms with E-state index in [-0.39, 0.29) is 23.3 Å². The van der Waals surface area contributed by atoms with Gasteiger partial charge in [0, 0.05) is 29.9 Å². The summed E-state index contributed by atoms with van der Waals surface area (Å²) in [5.41, 5.74) is 4.65. The molecule has 33 heavy (non-hydrogen) atoms. The Hall–Kier alpha value is -3.39. The van der Waals surface area contributed by atoms with Gasteiger partial charge in [0.05, 0.1) is 0 Å². The molecule has 5 N–H and O–H groups in total. The van der Waals surface area contributed by atoms with Crippen LogP contribution < -0.4 is 21.4 Å². The van der Waals surface area contributed by atoms with E-state index in [0.717, 1.165) is 19.3 Å². The highest BCUT2D eigenvalue weighted by Gasteiger charge is 2.13. The number of hydrogen-bond acceptors (Lipinski definition) is 4. The molecular weight excluding hydrogens is 420 g/mol. The molecule has 0 saturated carbocycles. The Morgan fingerprint density at radius 1 is 0.788 bits per heavy atom. The molecule has 2 aromatic rings. The second-order valence-electron chi connectivity index (χ2n) is 8.94. The molecule has 0 fully saturated rings. The van der Waals surface area contributed by atoms with Crippen molar-refractivity contribution in [3.8, 4) is 0 Å². The van der Waals surface area contributed by atoms with Crippen LogP contribution in [-0.2, 0) is 10.2 Å². The first kappa shape index (κ1) is 25.9. The Morgan fingerprint density at radius 3 is 1.88 bits per heavy atom. The molecule has 0 aliphatic rings. The van der Waals surface area contributed by atoms with E-state index in [2.05, 4.69) is 36.7 Å². The summed E-state index contributed by atoms with van der Waals surface area (Å²) < 4.78 is 0. The van der Waals surface area contributed by atoms with Gasteiger partial charge in [-0.15, -0.1) is 0 Å². The number of carbonyl (C=O) groups is 3. The van der Waals surface area contributed by atoms with Crippen LogP contribution >= 0.6 is 0 Å². The van der Waals surface area contributed by atoms with Gasteiger partial charge in [0.25, 0.3) is 5.91 Å². The lowest BCUT2D eigenvalue weighted by molar-refractivity contribution is -0.129. The smallest absolute Gasteiger partial charge is 0.323 e. The van der Waals surface area contributed by atoms with Gasteiger partial charge in [-0.05, 0) is 60.2 Å². The third kappa shape index (κ3) is 9.33. The summed E-state index contributed by atoms with van der Waals surface area (Å²) >= 11 is 0. The van der Waals surface area contributed by atoms with E-state index in [0.29, 0.717) is 36.3 Å². The molecule has 0 bridgehead atoms. The zero-order valence-corrected chi connectivity index (χ0v) is 19.5. The maximum Gasteiger partial charge on any atom is 0.323 e. The lowest BCUT2D eigenvalue weighted by Gasteiger charge is -2.19. The minimum atomic E-state index is -0.381. The molecule has 0 spiro atoms. The first-order chi connectivity index (χ1) is 15.7. The number of nitrogens with one attached hydrogen (secondary N) is 4. The van der Waals surface area contributed by atoms with Crippen LogP contribution in [0.2, 0.25) is 0 Å². The van der Waals surface area contributed by atoms with Crippen molar-refractivity contribution < 1.29 is 19.6 Å². The molecule has 8 heteroatoms. The Labute approximate surface area is 195 Å². The number of hydroxylamine groups is 1. The van der Waals surface area contributed by atoms with Gasteiger partial charge in [0.15, 0.2) is 0 Å². The molecule has 0 aromatic heterocycles. The highest BCUT2D eigenvalue weighted by atomic mass is 16.5. The Bertz CT molecular complexity index is 919. The molecule has 0 aliphatic carbocycles. The zero-order valence-electron chi connectivity index (χ0n) is 19.5. The Morgan fingerprint density at radius 2 is 1.33 bits per heavy atom. The van der Waals surface area contributed by atoms with Crippen molar-refractivity contribution in [1.82, 2.24) is 10.8 Å². The van der Waals surface area contributed by atoms with Crippen LogP contribution in [-0.4, -0.2) is 29.6 Å². The van der Waals surface area contributed by atoms with E-state index in [4.69, 9.17) is 5.21 Å². The molecule has 2 rings (SSSR count). The number of unbranched alkanes of at least 4 members (excludes halogenated alkanes) is 3. The molecule has 0 unspecified atom stereocenters. The third-order valence-corrected chi connectivity index (χ3v) is 5.15. The molecule has 8 nitrogen and oxygen atoms in total. The second kappa shape index (κ2) is 12.6. The van der Waals surface area contributed by atoms with E-state index in [1.165, 1.54) is 5.56 Å². The number of benzene rings is 2. The van der Waals surface area contributed by atoms with Crippen LogP contribution in [0.25, 0.3) is 0 Å². The normalized spacial score (nSPS) is 10.9. The zero-order chi connectivity index (χ0) is 24.3. The fraction of sp³-hybridized carbons (Fsp3) is 0.400. The van der Waals surface area contributed by atoms with Gasteiger partial charge in [-0.25, -0.2) is 10.3 Å². The van der Waals surface area contributed by atoms with E-state index in [1.807, 2.05) is 24.3 Å². The predicted octanol–water partition coefficient (Wildman–Crippen LogP) is 4.81. The van der Waals surface area contributed by atoms with Gasteiger partial charge < -0.3 is 16.0 Å². The Balaban J connectivity index is 1.71. The van der Waals surface area contributed by atoms with Crippen LogP contribution in [0.1, 0.15) is 68.8 Å². The van der Waals surface area contributed by atoms with E-state index in [9.17, 15) is 14.4 Å². The SMILES string of the molecule is CC(C)(C)c1ccc(NC(=O)Nc2ccc(C(=O)NCCCCCCC(=O)NO)cc2)cc1. The summed E-state index contributed by atoms with van der Waals surface area (Å²) in [6.45, 7) is 6.95. The van der Waals surface area contributed by atoms with Gasteiger partial charge in [0.1, 0.15) is 0 Å². The standard InChI is InChI=1S/C25H34N4O4/c1-25(2,3)19-11-15-21(16-12-19)28-24(32)27-20-13-9-18(10-14-20)23(31)26-17-7-5-4-6-8-22(30)29-33/h9-16,33H,4-8,17H2,1-3H3,(H,26,31)(H,29,30)(H2,27,28,32). The summed E-state index contributed by atoms with van der Waals surface area (Å²) in [5.74, 6) is -0.557. The van der Waals surface area contributed by atoms with E-state index >= 15 is 0 Å². The number of urea groups is 1. The minimum Gasteiger partial charge on any atom is -0.352 e. The maximum absolute atomic E-state index is 12.3. The van der Waals surface area contributed by atoms with Crippen molar-refractivity contribution in [2.24, 2.45) is 0 Å². The first-order valence-electron chi connectivity index (χ1n) is 11.2. The van der Waals surface area contributed by atoms with Crippen molar-refractivity contribution in [3.05, 3.63) is 59.7 Å². The topological polar surface area (TPSA) is 120 Å². The fourth-order valence-corrected chi connectivity index (χ4v) is 3.18. The fourth-order valence-electron chi connectivity index (χ4n) is 3.18. The monoisotopic (exact) mass is 454 g/mol. The summed E-state index contributed by atoms with van der Waals surface area (Å²) in [5, 5.41) is 16.8. The highest BCUT2D eigenvalue weighted by molar-refractivity contribution is 6.00. The van der Waals surface area contributed by atoms with E-state index in [1.54, 1.807) is 29.7 Å². The highest BCUT2D eigenvalue weighted by Crippen LogP contribution is 2.23. The lowest BCUT2D eigenvalue weighted by atomic mass is 9.87. The molecule has 0 saturated heterocycles. The van der Waals surface area contributed by atoms with Crippen molar-refractivity contribution >= 4 is 29.2 Å². The summed E-state index contributed by atoms with van der Waals surface area (Å²) in [7, 11) is 0. The average Bonchev–Trinajstić information content (AvgIpc) is 2.78. The second-order valence-corrected chi connectivity index (χ2v) is 8.94. The molecule has 0 atom stereocenters. The van der Waals surface area contributed by atoms with Gasteiger partial charge in [-0.1, -0.05) is 45.7 Å². The van der Waals surface area contributed by atoms with Crippen molar-refractivity contribution in [2.45, 2.75) is 58.3 Å². The molecule has 0 aliphatic heterocycles. The van der Waals surface area contributed by atoms with Crippen LogP contribution in [0.5, 0.6) is 0 Å². The van der Waals surface area contributed by atoms with Crippen molar-refractivity contribution in [1.29, 1.82) is 0 Å². The average molecular weight is 455 g/mol. The molecule has 178 valence electrons. The number of rotatable bonds is 10. The lowest BCUT2D eigenvalue weighted by Crippen LogP contribution is -2.24. The van der Waals surface area contributed by atoms with Gasteiger partial charge in [0.2, 0.25) is 5.91 Å². The minimum absolute atomic E-state index is 0.0506. The van der Waals surface area contributed by atoms with Crippen LogP contribution in [0.3, 0.4) is 0 Å². The van der Waals surface area contributed by atoms with Gasteiger partial charge in [-0.3, -0.25) is 14.8 Å². The Kier molecular flexibility index (Phi) is 9.87. The van der Waals surface area contributed by atoms with Crippen LogP contribution in [0, 0.1) is 0 Å². The number of anilines is 2. The molecule has 2 aromatic carbocycles. The van der Waals surface area contributed by atoms with Gasteiger partial charge >= 0.3 is 6.03 Å². The molecular formula is C25H34N4O4. The van der Waals surface area contributed by atoms with E-state index < -0.39 is 0 Å². The van der Waals surface area contributed by atoms with Crippen molar-refractivity contribution in [3.63, 3.8) is 0 Å². The first-order valence-corrected chi connectivity index (χ1v) is 11.2. The quantitative estimate of drug-likeness (QED) is 0.201. The van der Waals surface area contributed by atoms with Crippen molar-refractivity contribution in [2.75, 3.05) is 17.2 Å². The molecule has 4 amide bonds. The van der Waals surface area contributed by atoms with Crippen LogP contribution in [0.15, 0.2) is 48.5 Å². The molecule has 0 radical (unpaired) electrons.